The minimum Gasteiger partial charge on any atom is -0.462 e. The quantitative estimate of drug-likeness (QED) is 0.545. The molecule has 8 heteroatoms. The van der Waals surface area contributed by atoms with Crippen LogP contribution >= 0.6 is 0 Å². The predicted molar refractivity (Wildman–Crippen MR) is 114 cm³/mol. The fourth-order valence-corrected chi connectivity index (χ4v) is 3.75. The molecule has 1 saturated heterocycles. The van der Waals surface area contributed by atoms with Crippen molar-refractivity contribution in [3.05, 3.63) is 58.9 Å². The number of carbonyl (C=O) groups is 4. The van der Waals surface area contributed by atoms with Crippen LogP contribution in [0, 0.1) is 6.92 Å². The summed E-state index contributed by atoms with van der Waals surface area (Å²) >= 11 is 0. The van der Waals surface area contributed by atoms with Gasteiger partial charge in [-0.05, 0) is 56.5 Å². The van der Waals surface area contributed by atoms with E-state index in [1.54, 1.807) is 38.1 Å². The summed E-state index contributed by atoms with van der Waals surface area (Å²) in [5.74, 6) is -1.44. The molecule has 1 unspecified atom stereocenters. The minimum absolute atomic E-state index is 0.171. The van der Waals surface area contributed by atoms with Crippen LogP contribution in [0.5, 0.6) is 0 Å². The Morgan fingerprint density at radius 3 is 2.42 bits per heavy atom. The second-order valence-electron chi connectivity index (χ2n) is 7.39. The summed E-state index contributed by atoms with van der Waals surface area (Å²) in [6.07, 6.45) is 1.31. The van der Waals surface area contributed by atoms with Gasteiger partial charge in [0.2, 0.25) is 11.8 Å². The molecule has 2 aromatic rings. The van der Waals surface area contributed by atoms with E-state index in [1.807, 2.05) is 6.92 Å². The topological polar surface area (TPSA) is 114 Å². The lowest BCUT2D eigenvalue weighted by molar-refractivity contribution is -0.138. The second kappa shape index (κ2) is 9.07. The van der Waals surface area contributed by atoms with E-state index in [1.165, 1.54) is 12.1 Å². The highest BCUT2D eigenvalue weighted by molar-refractivity contribution is 6.04. The molecule has 31 heavy (non-hydrogen) atoms. The summed E-state index contributed by atoms with van der Waals surface area (Å²) in [4.78, 5) is 52.7. The summed E-state index contributed by atoms with van der Waals surface area (Å²) in [5, 5.41) is 5.19. The van der Waals surface area contributed by atoms with Crippen molar-refractivity contribution in [2.75, 3.05) is 11.9 Å². The van der Waals surface area contributed by atoms with Gasteiger partial charge in [0.15, 0.2) is 0 Å². The molecule has 3 amide bonds. The van der Waals surface area contributed by atoms with E-state index in [2.05, 4.69) is 15.6 Å². The van der Waals surface area contributed by atoms with Crippen LogP contribution in [0.3, 0.4) is 0 Å². The van der Waals surface area contributed by atoms with Gasteiger partial charge in [-0.25, -0.2) is 9.78 Å². The Balaban J connectivity index is 1.74. The molecule has 0 aliphatic carbocycles. The van der Waals surface area contributed by atoms with Crippen LogP contribution in [-0.2, 0) is 19.7 Å². The zero-order valence-electron chi connectivity index (χ0n) is 17.8. The number of benzene rings is 1. The normalized spacial score (nSPS) is 18.3. The van der Waals surface area contributed by atoms with Crippen LogP contribution in [-0.4, -0.2) is 35.3 Å². The van der Waals surface area contributed by atoms with Crippen molar-refractivity contribution in [2.24, 2.45) is 0 Å². The second-order valence-corrected chi connectivity index (χ2v) is 7.39. The number of anilines is 1. The van der Waals surface area contributed by atoms with E-state index in [4.69, 9.17) is 4.74 Å². The van der Waals surface area contributed by atoms with Crippen molar-refractivity contribution >= 4 is 29.4 Å². The van der Waals surface area contributed by atoms with E-state index in [9.17, 15) is 19.2 Å². The van der Waals surface area contributed by atoms with Gasteiger partial charge in [0.1, 0.15) is 5.69 Å². The van der Waals surface area contributed by atoms with Gasteiger partial charge < -0.3 is 10.1 Å². The molecule has 1 aromatic carbocycles. The number of amides is 3. The number of rotatable bonds is 6. The number of esters is 1. The number of nitrogens with one attached hydrogen (secondary N) is 2. The van der Waals surface area contributed by atoms with E-state index < -0.39 is 17.3 Å². The number of imide groups is 1. The number of nitrogens with zero attached hydrogens (tertiary/aromatic N) is 1. The predicted octanol–water partition coefficient (Wildman–Crippen LogP) is 2.90. The van der Waals surface area contributed by atoms with Crippen LogP contribution < -0.4 is 10.6 Å². The van der Waals surface area contributed by atoms with Crippen molar-refractivity contribution in [1.29, 1.82) is 0 Å². The Labute approximate surface area is 180 Å². The number of hydrogen-bond acceptors (Lipinski definition) is 6. The average molecular weight is 423 g/mol. The maximum absolute atomic E-state index is 12.6. The standard InChI is InChI=1S/C23H25N3O5/c1-4-23(13-12-19(27)26-22(23)30)15-6-8-16(9-7-15)25-20(28)18-11-10-17(14(3)24-18)21(29)31-5-2/h6-11H,4-5,12-13H2,1-3H3,(H,25,28)(H,26,27,30). The first-order valence-corrected chi connectivity index (χ1v) is 10.2. The Hall–Kier alpha value is -3.55. The van der Waals surface area contributed by atoms with Gasteiger partial charge in [0, 0.05) is 12.1 Å². The van der Waals surface area contributed by atoms with Gasteiger partial charge in [0.25, 0.3) is 5.91 Å². The molecule has 1 aliphatic rings. The Kier molecular flexibility index (Phi) is 6.48. The highest BCUT2D eigenvalue weighted by atomic mass is 16.5. The molecule has 2 N–H and O–H groups in total. The molecule has 1 atom stereocenters. The van der Waals surface area contributed by atoms with Gasteiger partial charge in [0.05, 0.1) is 23.3 Å². The maximum atomic E-state index is 12.6. The van der Waals surface area contributed by atoms with Gasteiger partial charge in [-0.3, -0.25) is 19.7 Å². The minimum atomic E-state index is -0.752. The summed E-state index contributed by atoms with van der Waals surface area (Å²) in [5.41, 5.74) is 1.48. The summed E-state index contributed by atoms with van der Waals surface area (Å²) < 4.78 is 4.97. The zero-order chi connectivity index (χ0) is 22.6. The summed E-state index contributed by atoms with van der Waals surface area (Å²) in [6, 6.07) is 10.0. The molecule has 3 rings (SSSR count). The lowest BCUT2D eigenvalue weighted by Gasteiger charge is -2.35. The van der Waals surface area contributed by atoms with Gasteiger partial charge >= 0.3 is 5.97 Å². The third-order valence-corrected chi connectivity index (χ3v) is 5.58. The van der Waals surface area contributed by atoms with Crippen molar-refractivity contribution < 1.29 is 23.9 Å². The van der Waals surface area contributed by atoms with Gasteiger partial charge in [-0.2, -0.15) is 0 Å². The average Bonchev–Trinajstić information content (AvgIpc) is 2.75. The van der Waals surface area contributed by atoms with Crippen LogP contribution in [0.15, 0.2) is 36.4 Å². The first-order valence-electron chi connectivity index (χ1n) is 10.2. The summed E-state index contributed by atoms with van der Waals surface area (Å²) in [7, 11) is 0. The molecular weight excluding hydrogens is 398 g/mol. The zero-order valence-corrected chi connectivity index (χ0v) is 17.8. The van der Waals surface area contributed by atoms with E-state index in [-0.39, 0.29) is 24.1 Å². The van der Waals surface area contributed by atoms with Gasteiger partial charge in [-0.1, -0.05) is 19.1 Å². The Morgan fingerprint density at radius 2 is 1.84 bits per heavy atom. The fourth-order valence-electron chi connectivity index (χ4n) is 3.75. The molecule has 1 aromatic heterocycles. The SMILES string of the molecule is CCOC(=O)c1ccc(C(=O)Nc2ccc(C3(CC)CCC(=O)NC3=O)cc2)nc1C. The smallest absolute Gasteiger partial charge is 0.339 e. The summed E-state index contributed by atoms with van der Waals surface area (Å²) in [6.45, 7) is 5.53. The number of hydrogen-bond donors (Lipinski definition) is 2. The van der Waals surface area contributed by atoms with Crippen molar-refractivity contribution in [2.45, 2.75) is 45.4 Å². The number of piperidine rings is 1. The molecule has 8 nitrogen and oxygen atoms in total. The lowest BCUT2D eigenvalue weighted by Crippen LogP contribution is -2.51. The Morgan fingerprint density at radius 1 is 1.13 bits per heavy atom. The van der Waals surface area contributed by atoms with Crippen LogP contribution in [0.4, 0.5) is 5.69 Å². The first kappa shape index (κ1) is 22.1. The third kappa shape index (κ3) is 4.47. The van der Waals surface area contributed by atoms with Crippen LogP contribution in [0.2, 0.25) is 0 Å². The molecule has 0 spiro atoms. The molecular formula is C23H25N3O5. The number of aryl methyl sites for hydroxylation is 1. The molecule has 0 bridgehead atoms. The van der Waals surface area contributed by atoms with Crippen molar-refractivity contribution in [3.8, 4) is 0 Å². The maximum Gasteiger partial charge on any atom is 0.339 e. The largest absolute Gasteiger partial charge is 0.462 e. The number of carbonyl (C=O) groups excluding carboxylic acids is 4. The highest BCUT2D eigenvalue weighted by Crippen LogP contribution is 2.36. The van der Waals surface area contributed by atoms with E-state index >= 15 is 0 Å². The molecule has 1 aliphatic heterocycles. The molecule has 162 valence electrons. The number of aromatic nitrogens is 1. The van der Waals surface area contributed by atoms with Crippen LogP contribution in [0.1, 0.15) is 65.2 Å². The highest BCUT2D eigenvalue weighted by Gasteiger charge is 2.42. The van der Waals surface area contributed by atoms with Crippen LogP contribution in [0.25, 0.3) is 0 Å². The third-order valence-electron chi connectivity index (χ3n) is 5.58. The molecule has 2 heterocycles. The van der Waals surface area contributed by atoms with Crippen molar-refractivity contribution in [1.82, 2.24) is 10.3 Å². The van der Waals surface area contributed by atoms with Crippen molar-refractivity contribution in [3.63, 3.8) is 0 Å². The molecule has 0 radical (unpaired) electrons. The lowest BCUT2D eigenvalue weighted by atomic mass is 9.72. The Bertz CT molecular complexity index is 1030. The number of pyridine rings is 1. The fraction of sp³-hybridized carbons (Fsp3) is 0.348. The monoisotopic (exact) mass is 423 g/mol. The molecule has 0 saturated carbocycles. The first-order chi connectivity index (χ1) is 14.8. The van der Waals surface area contributed by atoms with E-state index in [0.717, 1.165) is 5.56 Å². The number of ether oxygens (including phenoxy) is 1. The van der Waals surface area contributed by atoms with Gasteiger partial charge in [-0.15, -0.1) is 0 Å². The van der Waals surface area contributed by atoms with E-state index in [0.29, 0.717) is 36.2 Å². The molecule has 1 fully saturated rings.